The fraction of sp³-hybridized carbons (Fsp3) is 0.464. The second kappa shape index (κ2) is 5.50. The Morgan fingerprint density at radius 3 is 1.83 bits per heavy atom. The Labute approximate surface area is 173 Å². The molecule has 0 radical (unpaired) electrons. The van der Waals surface area contributed by atoms with E-state index in [2.05, 4.69) is 53.7 Å². The largest absolute Gasteiger partial charge is 0.294 e. The number of hydrogen-bond acceptors (Lipinski definition) is 1. The summed E-state index contributed by atoms with van der Waals surface area (Å²) in [6, 6.07) is 4.73. The average Bonchev–Trinajstić information content (AvgIpc) is 3.37. The van der Waals surface area contributed by atoms with E-state index in [4.69, 9.17) is 0 Å². The first-order chi connectivity index (χ1) is 13.8. The maximum Gasteiger partial charge on any atom is 0.167 e. The molecule has 1 heteroatoms. The van der Waals surface area contributed by atoms with Gasteiger partial charge < -0.3 is 0 Å². The highest BCUT2D eigenvalue weighted by molar-refractivity contribution is 6.24. The molecule has 0 aliphatic heterocycles. The molecule has 3 aromatic rings. The van der Waals surface area contributed by atoms with E-state index in [9.17, 15) is 4.79 Å². The Hall–Kier alpha value is -2.15. The van der Waals surface area contributed by atoms with Gasteiger partial charge in [0.15, 0.2) is 5.78 Å². The SMILES string of the molecule is Cc1cc2c3c(c4cc(C)c(C)c(C)c4c2c(C)c1C)[C@H]1[C@@H]2CC[C@@H](C2)[C@H]1C3=O. The van der Waals surface area contributed by atoms with E-state index < -0.39 is 0 Å². The van der Waals surface area contributed by atoms with E-state index in [1.165, 1.54) is 79.8 Å². The summed E-state index contributed by atoms with van der Waals surface area (Å²) < 4.78 is 0. The van der Waals surface area contributed by atoms with Crippen LogP contribution in [0.15, 0.2) is 12.1 Å². The molecular formula is C28H30O. The summed E-state index contributed by atoms with van der Waals surface area (Å²) in [6.07, 6.45) is 3.85. The van der Waals surface area contributed by atoms with Gasteiger partial charge in [0.2, 0.25) is 0 Å². The monoisotopic (exact) mass is 382 g/mol. The summed E-state index contributed by atoms with van der Waals surface area (Å²) in [5, 5.41) is 5.37. The van der Waals surface area contributed by atoms with Gasteiger partial charge in [0.05, 0.1) is 0 Å². The highest BCUT2D eigenvalue weighted by Crippen LogP contribution is 2.63. The maximum absolute atomic E-state index is 13.9. The molecule has 0 amide bonds. The van der Waals surface area contributed by atoms with Crippen LogP contribution in [0.1, 0.15) is 74.5 Å². The lowest BCUT2D eigenvalue weighted by Gasteiger charge is -2.26. The lowest BCUT2D eigenvalue weighted by molar-refractivity contribution is 0.0884. The zero-order chi connectivity index (χ0) is 20.4. The van der Waals surface area contributed by atoms with Gasteiger partial charge in [0, 0.05) is 11.5 Å². The van der Waals surface area contributed by atoms with Gasteiger partial charge >= 0.3 is 0 Å². The second-order valence-electron chi connectivity index (χ2n) is 10.3. The van der Waals surface area contributed by atoms with Gasteiger partial charge in [-0.05, 0) is 139 Å². The predicted octanol–water partition coefficient (Wildman–Crippen LogP) is 7.17. The molecule has 0 unspecified atom stereocenters. The van der Waals surface area contributed by atoms with Crippen LogP contribution in [0, 0.1) is 59.3 Å². The van der Waals surface area contributed by atoms with E-state index in [0.717, 1.165) is 5.56 Å². The molecule has 6 rings (SSSR count). The predicted molar refractivity (Wildman–Crippen MR) is 121 cm³/mol. The fourth-order valence-corrected chi connectivity index (χ4v) is 7.36. The normalized spacial score (nSPS) is 27.3. The summed E-state index contributed by atoms with van der Waals surface area (Å²) >= 11 is 0. The summed E-state index contributed by atoms with van der Waals surface area (Å²) in [7, 11) is 0. The fourth-order valence-electron chi connectivity index (χ4n) is 7.36. The Bertz CT molecular complexity index is 1280. The van der Waals surface area contributed by atoms with Gasteiger partial charge in [-0.2, -0.15) is 0 Å². The third-order valence-corrected chi connectivity index (χ3v) is 9.20. The molecule has 0 heterocycles. The Kier molecular flexibility index (Phi) is 3.36. The number of hydrogen-bond donors (Lipinski definition) is 0. The van der Waals surface area contributed by atoms with Gasteiger partial charge in [-0.3, -0.25) is 4.79 Å². The van der Waals surface area contributed by atoms with Crippen LogP contribution < -0.4 is 0 Å². The highest BCUT2D eigenvalue weighted by Gasteiger charge is 2.56. The molecule has 0 N–H and O–H groups in total. The van der Waals surface area contributed by atoms with Crippen molar-refractivity contribution in [1.29, 1.82) is 0 Å². The number of carbonyl (C=O) groups excluding carboxylic acids is 1. The van der Waals surface area contributed by atoms with Crippen LogP contribution in [0.4, 0.5) is 0 Å². The first kappa shape index (κ1) is 17.7. The van der Waals surface area contributed by atoms with Gasteiger partial charge in [-0.15, -0.1) is 0 Å². The molecule has 0 saturated heterocycles. The lowest BCUT2D eigenvalue weighted by Crippen LogP contribution is -2.20. The molecule has 0 spiro atoms. The highest BCUT2D eigenvalue weighted by atomic mass is 16.1. The van der Waals surface area contributed by atoms with Crippen molar-refractivity contribution < 1.29 is 4.79 Å². The van der Waals surface area contributed by atoms with Crippen LogP contribution in [0.2, 0.25) is 0 Å². The van der Waals surface area contributed by atoms with Crippen molar-refractivity contribution in [3.63, 3.8) is 0 Å². The number of fused-ring (bicyclic) bond motifs is 12. The molecular weight excluding hydrogens is 352 g/mol. The van der Waals surface area contributed by atoms with Gasteiger partial charge in [0.1, 0.15) is 0 Å². The van der Waals surface area contributed by atoms with Gasteiger partial charge in [-0.1, -0.05) is 12.1 Å². The van der Waals surface area contributed by atoms with Crippen molar-refractivity contribution in [2.45, 2.75) is 66.7 Å². The zero-order valence-corrected chi connectivity index (χ0v) is 18.5. The zero-order valence-electron chi connectivity index (χ0n) is 18.5. The second-order valence-corrected chi connectivity index (χ2v) is 10.3. The Morgan fingerprint density at radius 1 is 0.690 bits per heavy atom. The molecule has 3 aliphatic carbocycles. The number of rotatable bonds is 0. The van der Waals surface area contributed by atoms with Crippen LogP contribution in [-0.2, 0) is 0 Å². The first-order valence-electron chi connectivity index (χ1n) is 11.3. The summed E-state index contributed by atoms with van der Waals surface area (Å²) in [5.41, 5.74) is 10.7. The standard InChI is InChI=1S/C28H30O/c1-12-9-20-22(16(5)14(12)3)23-17(6)15(4)13(2)10-21(23)27-26(20)24-18-7-8-19(11-18)25(24)28(27)29/h9-10,18-19,24-25H,7-8,11H2,1-6H3/t18-,19+,24+,25-/m1/s1. The molecule has 2 saturated carbocycles. The van der Waals surface area contributed by atoms with Crippen molar-refractivity contribution in [1.82, 2.24) is 0 Å². The number of carbonyl (C=O) groups is 1. The van der Waals surface area contributed by atoms with Crippen molar-refractivity contribution in [2.24, 2.45) is 17.8 Å². The van der Waals surface area contributed by atoms with Crippen molar-refractivity contribution in [2.75, 3.05) is 0 Å². The van der Waals surface area contributed by atoms with Crippen molar-refractivity contribution in [3.8, 4) is 0 Å². The number of benzene rings is 3. The number of aryl methyl sites for hydroxylation is 4. The smallest absolute Gasteiger partial charge is 0.167 e. The Balaban J connectivity index is 1.89. The molecule has 29 heavy (non-hydrogen) atoms. The van der Waals surface area contributed by atoms with E-state index in [1.807, 2.05) is 0 Å². The molecule has 3 aliphatic rings. The van der Waals surface area contributed by atoms with Gasteiger partial charge in [-0.25, -0.2) is 0 Å². The van der Waals surface area contributed by atoms with Crippen LogP contribution >= 0.6 is 0 Å². The quantitative estimate of drug-likeness (QED) is 0.377. The van der Waals surface area contributed by atoms with E-state index in [-0.39, 0.29) is 5.92 Å². The minimum absolute atomic E-state index is 0.251. The third kappa shape index (κ3) is 1.95. The summed E-state index contributed by atoms with van der Waals surface area (Å²) in [5.74, 6) is 2.51. The molecule has 148 valence electrons. The lowest BCUT2D eigenvalue weighted by atomic mass is 9.77. The molecule has 3 aromatic carbocycles. The van der Waals surface area contributed by atoms with E-state index in [1.54, 1.807) is 0 Å². The molecule has 4 atom stereocenters. The first-order valence-corrected chi connectivity index (χ1v) is 11.3. The number of ketones is 1. The van der Waals surface area contributed by atoms with Crippen molar-refractivity contribution in [3.05, 3.63) is 56.6 Å². The topological polar surface area (TPSA) is 17.1 Å². The third-order valence-electron chi connectivity index (χ3n) is 9.20. The van der Waals surface area contributed by atoms with Gasteiger partial charge in [0.25, 0.3) is 0 Å². The maximum atomic E-state index is 13.9. The summed E-state index contributed by atoms with van der Waals surface area (Å²) in [4.78, 5) is 13.9. The van der Waals surface area contributed by atoms with Crippen LogP contribution in [0.5, 0.6) is 0 Å². The average molecular weight is 383 g/mol. The molecule has 1 nitrogen and oxygen atoms in total. The van der Waals surface area contributed by atoms with E-state index in [0.29, 0.717) is 23.5 Å². The minimum atomic E-state index is 0.251. The molecule has 0 aromatic heterocycles. The van der Waals surface area contributed by atoms with Crippen LogP contribution in [-0.4, -0.2) is 5.78 Å². The molecule has 2 bridgehead atoms. The number of Topliss-reactive ketones (excluding diaryl/α,β-unsaturated/α-hetero) is 1. The minimum Gasteiger partial charge on any atom is -0.294 e. The molecule has 2 fully saturated rings. The van der Waals surface area contributed by atoms with Crippen LogP contribution in [0.25, 0.3) is 21.5 Å². The van der Waals surface area contributed by atoms with E-state index >= 15 is 0 Å². The van der Waals surface area contributed by atoms with Crippen LogP contribution in [0.3, 0.4) is 0 Å². The Morgan fingerprint density at radius 2 is 1.21 bits per heavy atom. The summed E-state index contributed by atoms with van der Waals surface area (Å²) in [6.45, 7) is 13.5. The van der Waals surface area contributed by atoms with Crippen molar-refractivity contribution >= 4 is 27.3 Å².